The lowest BCUT2D eigenvalue weighted by Gasteiger charge is -2.36. The summed E-state index contributed by atoms with van der Waals surface area (Å²) in [7, 11) is 3.58. The molecule has 2 unspecified atom stereocenters. The highest BCUT2D eigenvalue weighted by atomic mass is 16.5. The molecule has 0 spiro atoms. The fourth-order valence-electron chi connectivity index (χ4n) is 4.18. The van der Waals surface area contributed by atoms with Gasteiger partial charge in [-0.25, -0.2) is 14.6 Å². The van der Waals surface area contributed by atoms with E-state index >= 15 is 0 Å². The Kier molecular flexibility index (Phi) is 5.76. The van der Waals surface area contributed by atoms with Crippen molar-refractivity contribution in [2.75, 3.05) is 30.4 Å². The Morgan fingerprint density at radius 2 is 1.80 bits per heavy atom. The molecule has 0 radical (unpaired) electrons. The van der Waals surface area contributed by atoms with Crippen LogP contribution in [0.4, 0.5) is 11.6 Å². The van der Waals surface area contributed by atoms with Gasteiger partial charge in [-0.1, -0.05) is 19.1 Å². The van der Waals surface area contributed by atoms with Gasteiger partial charge in [-0.2, -0.15) is 5.10 Å². The molecule has 0 saturated carbocycles. The summed E-state index contributed by atoms with van der Waals surface area (Å²) in [6.07, 6.45) is 1.11. The van der Waals surface area contributed by atoms with E-state index in [1.165, 1.54) is 0 Å². The van der Waals surface area contributed by atoms with Crippen LogP contribution in [0, 0.1) is 0 Å². The van der Waals surface area contributed by atoms with E-state index in [0.717, 1.165) is 59.3 Å². The molecule has 1 aliphatic heterocycles. The summed E-state index contributed by atoms with van der Waals surface area (Å²) in [6, 6.07) is 7.97. The number of methoxy groups -OCH3 is 1. The number of nitrogens with zero attached hydrogens (tertiary/aromatic N) is 5. The smallest absolute Gasteiger partial charge is 0.216 e. The molecule has 1 N–H and O–H groups in total. The lowest BCUT2D eigenvalue weighted by atomic mass is 10.2. The molecule has 3 heterocycles. The predicted molar refractivity (Wildman–Crippen MR) is 118 cm³/mol. The van der Waals surface area contributed by atoms with Crippen molar-refractivity contribution in [2.24, 2.45) is 7.05 Å². The Bertz CT molecular complexity index is 1020. The van der Waals surface area contributed by atoms with Crippen molar-refractivity contribution in [1.29, 1.82) is 0 Å². The second-order valence-electron chi connectivity index (χ2n) is 7.81. The first-order chi connectivity index (χ1) is 14.5. The Morgan fingerprint density at radius 1 is 1.13 bits per heavy atom. The fourth-order valence-corrected chi connectivity index (χ4v) is 4.18. The summed E-state index contributed by atoms with van der Waals surface area (Å²) in [5, 5.41) is 8.10. The molecule has 1 saturated heterocycles. The summed E-state index contributed by atoms with van der Waals surface area (Å²) in [5.74, 6) is 2.39. The zero-order valence-corrected chi connectivity index (χ0v) is 18.3. The topological polar surface area (TPSA) is 77.3 Å². The molecule has 0 amide bonds. The van der Waals surface area contributed by atoms with Crippen molar-refractivity contribution in [3.8, 4) is 5.88 Å². The van der Waals surface area contributed by atoms with Crippen molar-refractivity contribution < 1.29 is 9.47 Å². The van der Waals surface area contributed by atoms with Gasteiger partial charge < -0.3 is 19.7 Å². The molecule has 2 atom stereocenters. The van der Waals surface area contributed by atoms with Gasteiger partial charge in [0.2, 0.25) is 5.88 Å². The third-order valence-corrected chi connectivity index (χ3v) is 5.40. The van der Waals surface area contributed by atoms with Crippen LogP contribution in [-0.2, 0) is 24.8 Å². The number of hydrogen-bond acceptors (Lipinski definition) is 7. The van der Waals surface area contributed by atoms with Crippen molar-refractivity contribution in [3.63, 3.8) is 0 Å². The molecule has 1 aromatic carbocycles. The van der Waals surface area contributed by atoms with E-state index in [-0.39, 0.29) is 12.2 Å². The summed E-state index contributed by atoms with van der Waals surface area (Å²) in [4.78, 5) is 12.1. The van der Waals surface area contributed by atoms with Gasteiger partial charge >= 0.3 is 0 Å². The lowest BCUT2D eigenvalue weighted by molar-refractivity contribution is -0.00541. The number of morpholine rings is 1. The van der Waals surface area contributed by atoms with Crippen LogP contribution >= 0.6 is 0 Å². The highest BCUT2D eigenvalue weighted by Crippen LogP contribution is 2.30. The zero-order valence-electron chi connectivity index (χ0n) is 18.3. The Labute approximate surface area is 177 Å². The van der Waals surface area contributed by atoms with Crippen LogP contribution in [-0.4, -0.2) is 52.2 Å². The molecule has 0 aliphatic carbocycles. The van der Waals surface area contributed by atoms with Crippen LogP contribution in [0.2, 0.25) is 0 Å². The third kappa shape index (κ3) is 3.92. The summed E-state index contributed by atoms with van der Waals surface area (Å²) >= 11 is 0. The van der Waals surface area contributed by atoms with Crippen molar-refractivity contribution in [2.45, 2.75) is 45.9 Å². The number of benzene rings is 1. The molecule has 30 heavy (non-hydrogen) atoms. The van der Waals surface area contributed by atoms with E-state index < -0.39 is 0 Å². The van der Waals surface area contributed by atoms with Gasteiger partial charge in [0.1, 0.15) is 0 Å². The van der Waals surface area contributed by atoms with Crippen molar-refractivity contribution in [3.05, 3.63) is 35.5 Å². The highest BCUT2D eigenvalue weighted by molar-refractivity contribution is 5.80. The number of anilines is 2. The van der Waals surface area contributed by atoms with E-state index in [0.29, 0.717) is 6.54 Å². The van der Waals surface area contributed by atoms with Gasteiger partial charge in [-0.3, -0.25) is 0 Å². The maximum absolute atomic E-state index is 5.92. The average Bonchev–Trinajstić information content (AvgIpc) is 3.05. The second-order valence-corrected chi connectivity index (χ2v) is 7.81. The second kappa shape index (κ2) is 8.47. The van der Waals surface area contributed by atoms with Crippen LogP contribution in [0.1, 0.15) is 32.0 Å². The number of rotatable bonds is 6. The number of aromatic nitrogens is 4. The SMILES string of the molecule is CCc1nn(C)c(OC)c1CNc1nc2ccccc2nc1N1CC(C)OC(C)C1. The van der Waals surface area contributed by atoms with Gasteiger partial charge in [0.25, 0.3) is 0 Å². The number of aryl methyl sites for hydroxylation is 2. The first-order valence-electron chi connectivity index (χ1n) is 10.5. The van der Waals surface area contributed by atoms with E-state index in [1.54, 1.807) is 11.8 Å². The highest BCUT2D eigenvalue weighted by Gasteiger charge is 2.26. The van der Waals surface area contributed by atoms with Gasteiger partial charge in [-0.05, 0) is 32.4 Å². The Morgan fingerprint density at radius 3 is 2.43 bits per heavy atom. The van der Waals surface area contributed by atoms with E-state index in [9.17, 15) is 0 Å². The normalized spacial score (nSPS) is 19.3. The molecule has 160 valence electrons. The van der Waals surface area contributed by atoms with E-state index in [4.69, 9.17) is 19.4 Å². The standard InChI is InChI=1S/C22H30N6O2/c1-6-17-16(22(29-5)27(4)26-17)11-23-20-21(28-12-14(2)30-15(3)13-28)25-19-10-8-7-9-18(19)24-20/h7-10,14-15H,6,11-13H2,1-5H3,(H,23,24). The molecule has 0 bridgehead atoms. The third-order valence-electron chi connectivity index (χ3n) is 5.40. The molecular weight excluding hydrogens is 380 g/mol. The molecule has 4 rings (SSSR count). The van der Waals surface area contributed by atoms with Gasteiger partial charge in [0.15, 0.2) is 11.6 Å². The number of nitrogens with one attached hydrogen (secondary N) is 1. The first-order valence-corrected chi connectivity index (χ1v) is 10.5. The minimum absolute atomic E-state index is 0.139. The van der Waals surface area contributed by atoms with Crippen LogP contribution in [0.25, 0.3) is 11.0 Å². The Hall–Kier alpha value is -2.87. The number of para-hydroxylation sites is 2. The minimum Gasteiger partial charge on any atom is -0.481 e. The van der Waals surface area contributed by atoms with Crippen LogP contribution in [0.3, 0.4) is 0 Å². The average molecular weight is 411 g/mol. The quantitative estimate of drug-likeness (QED) is 0.669. The molecular formula is C22H30N6O2. The first kappa shape index (κ1) is 20.4. The van der Waals surface area contributed by atoms with Crippen molar-refractivity contribution in [1.82, 2.24) is 19.7 Å². The number of hydrogen-bond donors (Lipinski definition) is 1. The molecule has 8 heteroatoms. The van der Waals surface area contributed by atoms with Gasteiger partial charge in [0.05, 0.1) is 41.6 Å². The number of fused-ring (bicyclic) bond motifs is 1. The maximum atomic E-state index is 5.92. The van der Waals surface area contributed by atoms with E-state index in [1.807, 2.05) is 31.3 Å². The van der Waals surface area contributed by atoms with Crippen molar-refractivity contribution >= 4 is 22.7 Å². The fraction of sp³-hybridized carbons (Fsp3) is 0.500. The summed E-state index contributed by atoms with van der Waals surface area (Å²) < 4.78 is 13.3. The molecule has 1 aliphatic rings. The molecule has 3 aromatic rings. The molecule has 8 nitrogen and oxygen atoms in total. The summed E-state index contributed by atoms with van der Waals surface area (Å²) in [5.41, 5.74) is 3.82. The Balaban J connectivity index is 1.71. The predicted octanol–water partition coefficient (Wildman–Crippen LogP) is 3.16. The lowest BCUT2D eigenvalue weighted by Crippen LogP contribution is -2.46. The number of ether oxygens (including phenoxy) is 2. The van der Waals surface area contributed by atoms with Gasteiger partial charge in [-0.15, -0.1) is 0 Å². The molecule has 2 aromatic heterocycles. The zero-order chi connectivity index (χ0) is 21.3. The van der Waals surface area contributed by atoms with Crippen LogP contribution < -0.4 is 15.0 Å². The van der Waals surface area contributed by atoms with Gasteiger partial charge in [0, 0.05) is 26.7 Å². The monoisotopic (exact) mass is 410 g/mol. The van der Waals surface area contributed by atoms with Crippen LogP contribution in [0.5, 0.6) is 5.88 Å². The largest absolute Gasteiger partial charge is 0.481 e. The maximum Gasteiger partial charge on any atom is 0.216 e. The summed E-state index contributed by atoms with van der Waals surface area (Å²) in [6.45, 7) is 8.42. The minimum atomic E-state index is 0.139. The van der Waals surface area contributed by atoms with Crippen LogP contribution in [0.15, 0.2) is 24.3 Å². The van der Waals surface area contributed by atoms with E-state index in [2.05, 4.69) is 36.1 Å². The molecule has 1 fully saturated rings.